The first-order valence-corrected chi connectivity index (χ1v) is 11.2. The highest BCUT2D eigenvalue weighted by Crippen LogP contribution is 2.44. The van der Waals surface area contributed by atoms with E-state index in [0.29, 0.717) is 6.04 Å². The highest BCUT2D eigenvalue weighted by Gasteiger charge is 2.39. The Kier molecular flexibility index (Phi) is 9.41. The zero-order valence-electron chi connectivity index (χ0n) is 15.4. The van der Waals surface area contributed by atoms with E-state index in [2.05, 4.69) is 26.0 Å². The second-order valence-corrected chi connectivity index (χ2v) is 8.60. The van der Waals surface area contributed by atoms with Gasteiger partial charge in [0.05, 0.1) is 11.1 Å². The van der Waals surface area contributed by atoms with Crippen LogP contribution in [-0.2, 0) is 0 Å². The van der Waals surface area contributed by atoms with Crippen molar-refractivity contribution in [3.63, 3.8) is 0 Å². The van der Waals surface area contributed by atoms with E-state index in [-0.39, 0.29) is 0 Å². The lowest BCUT2D eigenvalue weighted by molar-refractivity contribution is 0.557. The topological polar surface area (TPSA) is 12.4 Å². The molecule has 1 saturated carbocycles. The number of rotatable bonds is 13. The molecular formula is C21H37NS. The van der Waals surface area contributed by atoms with Crippen LogP contribution in [0, 0.1) is 11.8 Å². The molecule has 2 rings (SSSR count). The molecule has 0 saturated heterocycles. The average molecular weight is 336 g/mol. The summed E-state index contributed by atoms with van der Waals surface area (Å²) < 4.78 is 0. The summed E-state index contributed by atoms with van der Waals surface area (Å²) >= 11 is 2.01. The maximum atomic E-state index is 4.88. The summed E-state index contributed by atoms with van der Waals surface area (Å²) in [5, 5.41) is 1.45. The predicted molar refractivity (Wildman–Crippen MR) is 107 cm³/mol. The van der Waals surface area contributed by atoms with Crippen molar-refractivity contribution in [2.75, 3.05) is 5.75 Å². The third kappa shape index (κ3) is 7.92. The maximum absolute atomic E-state index is 4.88. The van der Waals surface area contributed by atoms with Crippen LogP contribution in [0.3, 0.4) is 0 Å². The second-order valence-electron chi connectivity index (χ2n) is 7.56. The van der Waals surface area contributed by atoms with Crippen LogP contribution < -0.4 is 0 Å². The minimum absolute atomic E-state index is 0.478. The van der Waals surface area contributed by atoms with Gasteiger partial charge in [0, 0.05) is 11.7 Å². The van der Waals surface area contributed by atoms with Gasteiger partial charge in [-0.25, -0.2) is 0 Å². The van der Waals surface area contributed by atoms with Gasteiger partial charge in [-0.05, 0) is 25.2 Å². The minimum atomic E-state index is 0.478. The molecule has 1 fully saturated rings. The van der Waals surface area contributed by atoms with E-state index >= 15 is 0 Å². The molecular weight excluding hydrogens is 298 g/mol. The van der Waals surface area contributed by atoms with Gasteiger partial charge >= 0.3 is 0 Å². The van der Waals surface area contributed by atoms with Crippen LogP contribution in [0.25, 0.3) is 0 Å². The Hall–Kier alpha value is -0.240. The molecule has 0 aromatic heterocycles. The third-order valence-electron chi connectivity index (χ3n) is 5.20. The molecule has 1 aliphatic carbocycles. The fraction of sp³-hybridized carbons (Fsp3) is 0.857. The van der Waals surface area contributed by atoms with Crippen molar-refractivity contribution in [3.8, 4) is 0 Å². The van der Waals surface area contributed by atoms with Gasteiger partial charge < -0.3 is 0 Å². The van der Waals surface area contributed by atoms with Crippen LogP contribution in [0.1, 0.15) is 90.9 Å². The van der Waals surface area contributed by atoms with Crippen molar-refractivity contribution in [1.82, 2.24) is 0 Å². The predicted octanol–water partition coefficient (Wildman–Crippen LogP) is 7.02. The number of aliphatic imine (C=N–C) groups is 1. The molecule has 3 atom stereocenters. The van der Waals surface area contributed by atoms with Crippen LogP contribution in [0.5, 0.6) is 0 Å². The Morgan fingerprint density at radius 2 is 1.61 bits per heavy atom. The number of thioether (sulfide) groups is 1. The van der Waals surface area contributed by atoms with E-state index in [0.717, 1.165) is 11.8 Å². The smallest absolute Gasteiger partial charge is 0.0783 e. The van der Waals surface area contributed by atoms with Gasteiger partial charge in [-0.15, -0.1) is 11.8 Å². The number of nitrogens with zero attached hydrogens (tertiary/aromatic N) is 1. The summed E-state index contributed by atoms with van der Waals surface area (Å²) in [6.45, 7) is 4.64. The van der Waals surface area contributed by atoms with Crippen LogP contribution >= 0.6 is 11.8 Å². The molecule has 0 aromatic carbocycles. The van der Waals surface area contributed by atoms with Gasteiger partial charge in [0.1, 0.15) is 0 Å². The summed E-state index contributed by atoms with van der Waals surface area (Å²) in [7, 11) is 0. The van der Waals surface area contributed by atoms with Crippen molar-refractivity contribution < 1.29 is 0 Å². The molecule has 23 heavy (non-hydrogen) atoms. The number of hydrogen-bond donors (Lipinski definition) is 0. The number of unbranched alkanes of at least 4 members (excludes halogenated alkanes) is 10. The van der Waals surface area contributed by atoms with Gasteiger partial charge in [0.25, 0.3) is 0 Å². The van der Waals surface area contributed by atoms with Gasteiger partial charge in [-0.1, -0.05) is 83.8 Å². The Morgan fingerprint density at radius 1 is 1.00 bits per heavy atom. The highest BCUT2D eigenvalue weighted by atomic mass is 32.2. The lowest BCUT2D eigenvalue weighted by Crippen LogP contribution is -1.97. The first-order valence-electron chi connectivity index (χ1n) is 10.2. The zero-order valence-corrected chi connectivity index (χ0v) is 16.3. The van der Waals surface area contributed by atoms with Crippen LogP contribution in [0.4, 0.5) is 0 Å². The van der Waals surface area contributed by atoms with Crippen LogP contribution in [-0.4, -0.2) is 16.8 Å². The second kappa shape index (κ2) is 11.3. The maximum Gasteiger partial charge on any atom is 0.0783 e. The molecule has 0 unspecified atom stereocenters. The molecule has 0 bridgehead atoms. The molecule has 132 valence electrons. The Labute approximate surface area is 148 Å². The lowest BCUT2D eigenvalue weighted by atomic mass is 10.1. The van der Waals surface area contributed by atoms with Crippen LogP contribution in [0.2, 0.25) is 0 Å². The molecule has 0 aromatic rings. The van der Waals surface area contributed by atoms with Crippen molar-refractivity contribution in [3.05, 3.63) is 12.2 Å². The molecule has 1 aliphatic heterocycles. The van der Waals surface area contributed by atoms with Crippen LogP contribution in [0.15, 0.2) is 17.1 Å². The zero-order chi connectivity index (χ0) is 16.3. The van der Waals surface area contributed by atoms with E-state index in [4.69, 9.17) is 4.99 Å². The molecule has 0 amide bonds. The molecule has 0 radical (unpaired) electrons. The van der Waals surface area contributed by atoms with E-state index in [1.807, 2.05) is 11.8 Å². The molecule has 0 spiro atoms. The van der Waals surface area contributed by atoms with E-state index in [1.54, 1.807) is 0 Å². The molecule has 2 heteroatoms. The average Bonchev–Trinajstić information content (AvgIpc) is 3.10. The monoisotopic (exact) mass is 335 g/mol. The fourth-order valence-corrected chi connectivity index (χ4v) is 4.66. The van der Waals surface area contributed by atoms with Gasteiger partial charge in [-0.2, -0.15) is 0 Å². The Morgan fingerprint density at radius 3 is 2.22 bits per heavy atom. The van der Waals surface area contributed by atoms with E-state index in [9.17, 15) is 0 Å². The largest absolute Gasteiger partial charge is 0.274 e. The van der Waals surface area contributed by atoms with Crippen molar-refractivity contribution in [2.24, 2.45) is 16.8 Å². The van der Waals surface area contributed by atoms with Gasteiger partial charge in [0.15, 0.2) is 0 Å². The Bertz CT molecular complexity index is 374. The molecule has 1 nitrogen and oxygen atoms in total. The summed E-state index contributed by atoms with van der Waals surface area (Å²) in [6.07, 6.45) is 21.6. The quantitative estimate of drug-likeness (QED) is 0.260. The normalized spacial score (nSPS) is 26.9. The van der Waals surface area contributed by atoms with Crippen molar-refractivity contribution in [2.45, 2.75) is 96.9 Å². The van der Waals surface area contributed by atoms with Crippen molar-refractivity contribution >= 4 is 16.8 Å². The number of allylic oxidation sites excluding steroid dienone is 1. The Balaban J connectivity index is 1.39. The fourth-order valence-electron chi connectivity index (χ4n) is 3.38. The summed E-state index contributed by atoms with van der Waals surface area (Å²) in [5.74, 6) is 2.91. The van der Waals surface area contributed by atoms with Crippen molar-refractivity contribution in [1.29, 1.82) is 0 Å². The number of hydrogen-bond acceptors (Lipinski definition) is 2. The summed E-state index contributed by atoms with van der Waals surface area (Å²) in [4.78, 5) is 4.88. The molecule has 1 heterocycles. The minimum Gasteiger partial charge on any atom is -0.274 e. The summed E-state index contributed by atoms with van der Waals surface area (Å²) in [6, 6.07) is 0.478. The molecule has 2 aliphatic rings. The van der Waals surface area contributed by atoms with E-state index < -0.39 is 0 Å². The standard InChI is InChI=1S/C21H37NS/c1-3-4-5-6-7-8-9-10-11-12-13-14-15-19-17-23-21(22-19)20-16-18(20)2/h14-15,18-20H,3-13,16-17H2,1-2H3/b15-14-/t18-,19+,20+/m0/s1. The molecule has 0 N–H and O–H groups in total. The van der Waals surface area contributed by atoms with Gasteiger partial charge in [-0.3, -0.25) is 4.99 Å². The SMILES string of the molecule is CCCCCCCCCCCC/C=C\[C@@H]1CSC([C@@H]2C[C@@H]2C)=N1. The van der Waals surface area contributed by atoms with Gasteiger partial charge in [0.2, 0.25) is 0 Å². The lowest BCUT2D eigenvalue weighted by Gasteiger charge is -2.01. The first-order chi connectivity index (χ1) is 11.3. The van der Waals surface area contributed by atoms with E-state index in [1.165, 1.54) is 87.8 Å². The third-order valence-corrected chi connectivity index (χ3v) is 6.42. The highest BCUT2D eigenvalue weighted by molar-refractivity contribution is 8.14. The summed E-state index contributed by atoms with van der Waals surface area (Å²) in [5.41, 5.74) is 0. The first kappa shape index (κ1) is 19.1.